The number of ether oxygens (including phenoxy) is 1. The number of fused-ring (bicyclic) bond motifs is 1. The van der Waals surface area contributed by atoms with Crippen LogP contribution in [-0.4, -0.2) is 26.5 Å². The van der Waals surface area contributed by atoms with Gasteiger partial charge in [0.2, 0.25) is 10.9 Å². The van der Waals surface area contributed by atoms with Crippen LogP contribution in [0.4, 0.5) is 5.69 Å². The number of anilines is 1. The lowest BCUT2D eigenvalue weighted by atomic mass is 9.95. The zero-order valence-electron chi connectivity index (χ0n) is 16.7. The lowest BCUT2D eigenvalue weighted by Gasteiger charge is -2.17. The zero-order chi connectivity index (χ0) is 21.2. The van der Waals surface area contributed by atoms with Crippen LogP contribution < -0.4 is 10.9 Å². The molecule has 0 atom stereocenters. The molecule has 9 heteroatoms. The third-order valence-corrected chi connectivity index (χ3v) is 5.11. The molecule has 1 N–H and O–H groups in total. The van der Waals surface area contributed by atoms with Crippen LogP contribution in [0.2, 0.25) is 0 Å². The van der Waals surface area contributed by atoms with Gasteiger partial charge in [0.05, 0.1) is 11.3 Å². The van der Waals surface area contributed by atoms with Gasteiger partial charge in [-0.25, -0.2) is 9.78 Å². The van der Waals surface area contributed by atoms with Gasteiger partial charge >= 0.3 is 5.97 Å². The molecule has 0 aliphatic heterocycles. The number of hydrogen-bond acceptors (Lipinski definition) is 7. The molecule has 0 aliphatic rings. The molecule has 2 heterocycles. The first-order valence-corrected chi connectivity index (χ1v) is 9.96. The molecule has 152 valence electrons. The number of carbonyl (C=O) groups excluding carboxylic acids is 2. The fourth-order valence-corrected chi connectivity index (χ4v) is 3.20. The van der Waals surface area contributed by atoms with Gasteiger partial charge in [0, 0.05) is 17.2 Å². The summed E-state index contributed by atoms with van der Waals surface area (Å²) in [5, 5.41) is 7.78. The van der Waals surface area contributed by atoms with Gasteiger partial charge in [0.15, 0.2) is 0 Å². The van der Waals surface area contributed by atoms with Crippen molar-refractivity contribution < 1.29 is 14.3 Å². The second-order valence-electron chi connectivity index (χ2n) is 7.49. The molecule has 8 nitrogen and oxygen atoms in total. The van der Waals surface area contributed by atoms with Gasteiger partial charge < -0.3 is 10.1 Å². The number of nitrogens with one attached hydrogen (secondary N) is 1. The number of aromatic nitrogens is 3. The molecule has 0 aliphatic carbocycles. The fourth-order valence-electron chi connectivity index (χ4n) is 2.34. The molecule has 29 heavy (non-hydrogen) atoms. The smallest absolute Gasteiger partial charge is 0.338 e. The molecule has 2 aromatic heterocycles. The summed E-state index contributed by atoms with van der Waals surface area (Å²) in [4.78, 5) is 41.2. The third-order valence-electron chi connectivity index (χ3n) is 4.05. The number of carbonyl (C=O) groups is 2. The minimum Gasteiger partial charge on any atom is -0.456 e. The van der Waals surface area contributed by atoms with Crippen molar-refractivity contribution in [1.82, 2.24) is 14.6 Å². The highest BCUT2D eigenvalue weighted by Gasteiger charge is 2.21. The van der Waals surface area contributed by atoms with Crippen molar-refractivity contribution in [2.45, 2.75) is 40.7 Å². The number of rotatable bonds is 5. The lowest BCUT2D eigenvalue weighted by molar-refractivity contribution is -0.123. The molecular formula is C20H22N4O4S. The predicted octanol–water partition coefficient (Wildman–Crippen LogP) is 3.06. The first kappa shape index (κ1) is 20.7. The van der Waals surface area contributed by atoms with Crippen LogP contribution in [0.15, 0.2) is 35.1 Å². The average Bonchev–Trinajstić information content (AvgIpc) is 3.10. The number of amides is 1. The Balaban J connectivity index is 1.65. The summed E-state index contributed by atoms with van der Waals surface area (Å²) >= 11 is 1.33. The Labute approximate surface area is 171 Å². The topological polar surface area (TPSA) is 103 Å². The number of benzene rings is 1. The second-order valence-corrected chi connectivity index (χ2v) is 8.53. The molecule has 0 radical (unpaired) electrons. The van der Waals surface area contributed by atoms with Gasteiger partial charge in [-0.2, -0.15) is 9.61 Å². The molecule has 0 spiro atoms. The van der Waals surface area contributed by atoms with E-state index >= 15 is 0 Å². The molecule has 3 rings (SSSR count). The Kier molecular flexibility index (Phi) is 5.78. The minimum absolute atomic E-state index is 0.116. The van der Waals surface area contributed by atoms with Crippen LogP contribution in [0.25, 0.3) is 4.96 Å². The quantitative estimate of drug-likeness (QED) is 0.644. The molecule has 0 bridgehead atoms. The monoisotopic (exact) mass is 414 g/mol. The molecule has 0 saturated carbocycles. The zero-order valence-corrected chi connectivity index (χ0v) is 17.5. The molecule has 3 aromatic rings. The molecule has 0 fully saturated rings. The van der Waals surface area contributed by atoms with Crippen LogP contribution >= 0.6 is 11.3 Å². The van der Waals surface area contributed by atoms with Crippen molar-refractivity contribution in [3.8, 4) is 0 Å². The maximum Gasteiger partial charge on any atom is 0.338 e. The highest BCUT2D eigenvalue weighted by molar-refractivity contribution is 7.16. The summed E-state index contributed by atoms with van der Waals surface area (Å²) < 4.78 is 6.52. The fraction of sp³-hybridized carbons (Fsp3) is 0.350. The van der Waals surface area contributed by atoms with Gasteiger partial charge in [-0.05, 0) is 30.7 Å². The normalized spacial score (nSPS) is 11.4. The maximum atomic E-state index is 12.3. The van der Waals surface area contributed by atoms with Crippen LogP contribution in [-0.2, 0) is 22.6 Å². The Bertz CT molecular complexity index is 1110. The third kappa shape index (κ3) is 4.86. The maximum absolute atomic E-state index is 12.3. The largest absolute Gasteiger partial charge is 0.456 e. The van der Waals surface area contributed by atoms with Crippen molar-refractivity contribution >= 4 is 33.9 Å². The summed E-state index contributed by atoms with van der Waals surface area (Å²) in [6.45, 7) is 7.29. The van der Waals surface area contributed by atoms with E-state index in [0.29, 0.717) is 28.3 Å². The molecular weight excluding hydrogens is 392 g/mol. The molecule has 1 amide bonds. The van der Waals surface area contributed by atoms with Crippen LogP contribution in [0.1, 0.15) is 48.8 Å². The molecule has 1 aromatic carbocycles. The van der Waals surface area contributed by atoms with Crippen molar-refractivity contribution in [3.05, 3.63) is 57.0 Å². The minimum atomic E-state index is -0.542. The van der Waals surface area contributed by atoms with E-state index in [2.05, 4.69) is 15.4 Å². The van der Waals surface area contributed by atoms with E-state index in [9.17, 15) is 14.4 Å². The van der Waals surface area contributed by atoms with Gasteiger partial charge in [-0.3, -0.25) is 9.59 Å². The van der Waals surface area contributed by atoms with Gasteiger partial charge in [0.1, 0.15) is 11.6 Å². The van der Waals surface area contributed by atoms with Crippen molar-refractivity contribution in [3.63, 3.8) is 0 Å². The number of nitrogens with zero attached hydrogens (tertiary/aromatic N) is 3. The SMILES string of the molecule is CCc1nn2c(=O)cc(COC(=O)c3ccc(NC(=O)C(C)(C)C)cc3)nc2s1. The van der Waals surface area contributed by atoms with E-state index in [0.717, 1.165) is 5.01 Å². The standard InChI is InChI=1S/C20H22N4O4S/c1-5-15-23-24-16(25)10-14(22-19(24)29-15)11-28-17(26)12-6-8-13(9-7-12)21-18(27)20(2,3)4/h6-10H,5,11H2,1-4H3,(H,21,27). The van der Waals surface area contributed by atoms with E-state index in [-0.39, 0.29) is 18.1 Å². The van der Waals surface area contributed by atoms with Crippen LogP contribution in [0.3, 0.4) is 0 Å². The lowest BCUT2D eigenvalue weighted by Crippen LogP contribution is -2.27. The Hall–Kier alpha value is -3.07. The van der Waals surface area contributed by atoms with E-state index < -0.39 is 11.4 Å². The highest BCUT2D eigenvalue weighted by Crippen LogP contribution is 2.18. The Morgan fingerprint density at radius 3 is 2.52 bits per heavy atom. The van der Waals surface area contributed by atoms with Crippen molar-refractivity contribution in [2.24, 2.45) is 5.41 Å². The first-order chi connectivity index (χ1) is 13.7. The molecule has 0 unspecified atom stereocenters. The van der Waals surface area contributed by atoms with Crippen LogP contribution in [0, 0.1) is 5.41 Å². The van der Waals surface area contributed by atoms with Crippen molar-refractivity contribution in [1.29, 1.82) is 0 Å². The number of aryl methyl sites for hydroxylation is 1. The summed E-state index contributed by atoms with van der Waals surface area (Å²) in [7, 11) is 0. The molecule has 0 saturated heterocycles. The first-order valence-electron chi connectivity index (χ1n) is 9.14. The van der Waals surface area contributed by atoms with E-state index in [1.165, 1.54) is 21.9 Å². The average molecular weight is 414 g/mol. The van der Waals surface area contributed by atoms with Crippen molar-refractivity contribution in [2.75, 3.05) is 5.32 Å². The van der Waals surface area contributed by atoms with Crippen LogP contribution in [0.5, 0.6) is 0 Å². The number of esters is 1. The summed E-state index contributed by atoms with van der Waals surface area (Å²) in [5.41, 5.74) is 0.473. The Morgan fingerprint density at radius 1 is 1.21 bits per heavy atom. The van der Waals surface area contributed by atoms with E-state index in [1.807, 2.05) is 27.7 Å². The predicted molar refractivity (Wildman–Crippen MR) is 110 cm³/mol. The summed E-state index contributed by atoms with van der Waals surface area (Å²) in [6.07, 6.45) is 0.712. The number of hydrogen-bond donors (Lipinski definition) is 1. The summed E-state index contributed by atoms with van der Waals surface area (Å²) in [6, 6.07) is 7.73. The van der Waals surface area contributed by atoms with Gasteiger partial charge in [-0.15, -0.1) is 0 Å². The van der Waals surface area contributed by atoms with Gasteiger partial charge in [-0.1, -0.05) is 39.0 Å². The Morgan fingerprint density at radius 2 is 1.90 bits per heavy atom. The second kappa shape index (κ2) is 8.12. The van der Waals surface area contributed by atoms with E-state index in [1.54, 1.807) is 24.3 Å². The summed E-state index contributed by atoms with van der Waals surface area (Å²) in [5.74, 6) is -0.658. The highest BCUT2D eigenvalue weighted by atomic mass is 32.1. The van der Waals surface area contributed by atoms with E-state index in [4.69, 9.17) is 4.74 Å². The van der Waals surface area contributed by atoms with Gasteiger partial charge in [0.25, 0.3) is 5.56 Å².